The Labute approximate surface area is 120 Å². The van der Waals surface area contributed by atoms with Gasteiger partial charge in [0.25, 0.3) is 0 Å². The summed E-state index contributed by atoms with van der Waals surface area (Å²) in [4.78, 5) is 9.40. The molecule has 2 heterocycles. The molecule has 0 radical (unpaired) electrons. The molecule has 0 saturated carbocycles. The molecule has 1 fully saturated rings. The maximum atomic E-state index is 4.39. The number of nitrogens with one attached hydrogen (secondary N) is 1. The number of thiazole rings is 1. The highest BCUT2D eigenvalue weighted by Gasteiger charge is 2.21. The number of hydrogen-bond acceptors (Lipinski definition) is 5. The van der Waals surface area contributed by atoms with Gasteiger partial charge in [-0.05, 0) is 19.9 Å². The van der Waals surface area contributed by atoms with Gasteiger partial charge in [0.1, 0.15) is 0 Å². The highest BCUT2D eigenvalue weighted by Crippen LogP contribution is 2.19. The number of nitrogens with zero attached hydrogens (tertiary/aromatic N) is 3. The molecule has 1 unspecified atom stereocenters. The zero-order valence-corrected chi connectivity index (χ0v) is 13.1. The van der Waals surface area contributed by atoms with Crippen LogP contribution in [0.2, 0.25) is 0 Å². The van der Waals surface area contributed by atoms with Gasteiger partial charge in [0.15, 0.2) is 5.13 Å². The molecule has 5 heteroatoms. The predicted molar refractivity (Wildman–Crippen MR) is 83.1 cm³/mol. The Morgan fingerprint density at radius 3 is 2.58 bits per heavy atom. The van der Waals surface area contributed by atoms with Crippen LogP contribution in [-0.4, -0.2) is 54.7 Å². The Morgan fingerprint density at radius 1 is 1.26 bits per heavy atom. The summed E-state index contributed by atoms with van der Waals surface area (Å²) in [6.07, 6.45) is 3.13. The van der Waals surface area contributed by atoms with Gasteiger partial charge in [0, 0.05) is 49.8 Å². The van der Waals surface area contributed by atoms with Crippen LogP contribution >= 0.6 is 11.3 Å². The van der Waals surface area contributed by atoms with Crippen LogP contribution in [-0.2, 0) is 0 Å². The van der Waals surface area contributed by atoms with Crippen LogP contribution < -0.4 is 10.2 Å². The maximum Gasteiger partial charge on any atom is 0.185 e. The molecule has 1 aliphatic rings. The summed E-state index contributed by atoms with van der Waals surface area (Å²) >= 11 is 1.74. The minimum absolute atomic E-state index is 0.592. The van der Waals surface area contributed by atoms with Crippen LogP contribution in [0.1, 0.15) is 27.2 Å². The van der Waals surface area contributed by atoms with E-state index in [1.807, 2.05) is 6.20 Å². The van der Waals surface area contributed by atoms with Crippen molar-refractivity contribution in [1.82, 2.24) is 15.2 Å². The van der Waals surface area contributed by atoms with E-state index in [1.165, 1.54) is 11.6 Å². The van der Waals surface area contributed by atoms with E-state index in [2.05, 4.69) is 46.3 Å². The second kappa shape index (κ2) is 7.22. The van der Waals surface area contributed by atoms with Gasteiger partial charge in [0.2, 0.25) is 0 Å². The fraction of sp³-hybridized carbons (Fsp3) is 0.786. The third-order valence-corrected chi connectivity index (χ3v) is 4.57. The van der Waals surface area contributed by atoms with E-state index in [-0.39, 0.29) is 0 Å². The molecule has 0 bridgehead atoms. The standard InChI is InChI=1S/C14H26N4S/c1-12(2)15-5-4-13(3)17-7-9-18(10-8-17)14-16-6-11-19-14/h6,11-13,15H,4-5,7-10H2,1-3H3. The van der Waals surface area contributed by atoms with Crippen molar-refractivity contribution in [2.24, 2.45) is 0 Å². The zero-order valence-electron chi connectivity index (χ0n) is 12.3. The third kappa shape index (κ3) is 4.44. The number of aromatic nitrogens is 1. The van der Waals surface area contributed by atoms with Crippen molar-refractivity contribution in [1.29, 1.82) is 0 Å². The van der Waals surface area contributed by atoms with Gasteiger partial charge in [-0.2, -0.15) is 0 Å². The Balaban J connectivity index is 1.70. The summed E-state index contributed by atoms with van der Waals surface area (Å²) in [6.45, 7) is 12.4. The second-order valence-electron chi connectivity index (χ2n) is 5.58. The molecule has 0 amide bonds. The van der Waals surface area contributed by atoms with Crippen LogP contribution in [0.15, 0.2) is 11.6 Å². The molecule has 1 aromatic rings. The van der Waals surface area contributed by atoms with Crippen LogP contribution in [0.3, 0.4) is 0 Å². The maximum absolute atomic E-state index is 4.39. The second-order valence-corrected chi connectivity index (χ2v) is 6.46. The average Bonchev–Trinajstić information content (AvgIpc) is 2.92. The molecule has 19 heavy (non-hydrogen) atoms. The van der Waals surface area contributed by atoms with Gasteiger partial charge in [-0.15, -0.1) is 11.3 Å². The van der Waals surface area contributed by atoms with E-state index in [9.17, 15) is 0 Å². The van der Waals surface area contributed by atoms with Crippen molar-refractivity contribution in [3.8, 4) is 0 Å². The van der Waals surface area contributed by atoms with Gasteiger partial charge >= 0.3 is 0 Å². The largest absolute Gasteiger partial charge is 0.346 e. The summed E-state index contributed by atoms with van der Waals surface area (Å²) < 4.78 is 0. The summed E-state index contributed by atoms with van der Waals surface area (Å²) in [5, 5.41) is 6.73. The van der Waals surface area contributed by atoms with E-state index in [4.69, 9.17) is 0 Å². The lowest BCUT2D eigenvalue weighted by Gasteiger charge is -2.38. The normalized spacial score (nSPS) is 19.1. The number of piperazine rings is 1. The van der Waals surface area contributed by atoms with Crippen LogP contribution in [0, 0.1) is 0 Å². The summed E-state index contributed by atoms with van der Waals surface area (Å²) in [5.74, 6) is 0. The van der Waals surface area contributed by atoms with Gasteiger partial charge in [-0.3, -0.25) is 4.90 Å². The molecular formula is C14H26N4S. The Kier molecular flexibility index (Phi) is 5.60. The fourth-order valence-electron chi connectivity index (χ4n) is 2.49. The Bertz CT molecular complexity index is 344. The van der Waals surface area contributed by atoms with Crippen molar-refractivity contribution >= 4 is 16.5 Å². The first-order chi connectivity index (χ1) is 9.16. The molecule has 1 aliphatic heterocycles. The topological polar surface area (TPSA) is 31.4 Å². The summed E-state index contributed by atoms with van der Waals surface area (Å²) in [6, 6.07) is 1.26. The van der Waals surface area contributed by atoms with E-state index in [1.54, 1.807) is 11.3 Å². The van der Waals surface area contributed by atoms with E-state index < -0.39 is 0 Å². The quantitative estimate of drug-likeness (QED) is 0.865. The SMILES string of the molecule is CC(C)NCCC(C)N1CCN(c2nccs2)CC1. The molecule has 1 saturated heterocycles. The molecule has 4 nitrogen and oxygen atoms in total. The summed E-state index contributed by atoms with van der Waals surface area (Å²) in [7, 11) is 0. The lowest BCUT2D eigenvalue weighted by molar-refractivity contribution is 0.187. The highest BCUT2D eigenvalue weighted by molar-refractivity contribution is 7.13. The van der Waals surface area contributed by atoms with E-state index >= 15 is 0 Å². The molecule has 0 aromatic carbocycles. The Morgan fingerprint density at radius 2 is 2.00 bits per heavy atom. The van der Waals surface area contributed by atoms with Crippen molar-refractivity contribution in [2.45, 2.75) is 39.3 Å². The summed E-state index contributed by atoms with van der Waals surface area (Å²) in [5.41, 5.74) is 0. The molecule has 108 valence electrons. The third-order valence-electron chi connectivity index (χ3n) is 3.74. The monoisotopic (exact) mass is 282 g/mol. The highest BCUT2D eigenvalue weighted by atomic mass is 32.1. The first-order valence-corrected chi connectivity index (χ1v) is 8.16. The fourth-order valence-corrected chi connectivity index (χ4v) is 3.19. The van der Waals surface area contributed by atoms with Crippen molar-refractivity contribution < 1.29 is 0 Å². The number of hydrogen-bond donors (Lipinski definition) is 1. The molecular weight excluding hydrogens is 256 g/mol. The smallest absolute Gasteiger partial charge is 0.185 e. The zero-order chi connectivity index (χ0) is 13.7. The number of anilines is 1. The molecule has 1 atom stereocenters. The molecule has 0 aliphatic carbocycles. The van der Waals surface area contributed by atoms with Crippen molar-refractivity contribution in [2.75, 3.05) is 37.6 Å². The Hall–Kier alpha value is -0.650. The molecule has 1 N–H and O–H groups in total. The van der Waals surface area contributed by atoms with Gasteiger partial charge in [0.05, 0.1) is 0 Å². The molecule has 2 rings (SSSR count). The molecule has 0 spiro atoms. The van der Waals surface area contributed by atoms with Crippen LogP contribution in [0.5, 0.6) is 0 Å². The minimum atomic E-state index is 0.592. The van der Waals surface area contributed by atoms with Gasteiger partial charge in [-0.25, -0.2) is 4.98 Å². The van der Waals surface area contributed by atoms with Crippen LogP contribution in [0.4, 0.5) is 5.13 Å². The average molecular weight is 282 g/mol. The minimum Gasteiger partial charge on any atom is -0.346 e. The lowest BCUT2D eigenvalue weighted by Crippen LogP contribution is -2.50. The first-order valence-electron chi connectivity index (χ1n) is 7.28. The first kappa shape index (κ1) is 14.8. The van der Waals surface area contributed by atoms with Crippen LogP contribution in [0.25, 0.3) is 0 Å². The van der Waals surface area contributed by atoms with Crippen molar-refractivity contribution in [3.63, 3.8) is 0 Å². The number of rotatable bonds is 6. The van der Waals surface area contributed by atoms with Crippen molar-refractivity contribution in [3.05, 3.63) is 11.6 Å². The van der Waals surface area contributed by atoms with E-state index in [0.29, 0.717) is 12.1 Å². The van der Waals surface area contributed by atoms with E-state index in [0.717, 1.165) is 32.7 Å². The lowest BCUT2D eigenvalue weighted by atomic mass is 10.1. The predicted octanol–water partition coefficient (Wildman–Crippen LogP) is 2.04. The molecule has 1 aromatic heterocycles. The van der Waals surface area contributed by atoms with Gasteiger partial charge in [-0.1, -0.05) is 13.8 Å². The van der Waals surface area contributed by atoms with Gasteiger partial charge < -0.3 is 10.2 Å².